The lowest BCUT2D eigenvalue weighted by molar-refractivity contribution is 0.0890. The van der Waals surface area contributed by atoms with Gasteiger partial charge in [0.1, 0.15) is 11.7 Å². The highest BCUT2D eigenvalue weighted by molar-refractivity contribution is 7.75. The number of benzene rings is 3. The predicted molar refractivity (Wildman–Crippen MR) is 115 cm³/mol. The van der Waals surface area contributed by atoms with Gasteiger partial charge >= 0.3 is 0 Å². The Morgan fingerprint density at radius 3 is 2.21 bits per heavy atom. The Hall–Kier alpha value is -2.76. The Balaban J connectivity index is 0.00000117. The predicted octanol–water partition coefficient (Wildman–Crippen LogP) is 6.04. The van der Waals surface area contributed by atoms with E-state index >= 15 is 0 Å². The summed E-state index contributed by atoms with van der Waals surface area (Å²) < 4.78 is 18.1. The van der Waals surface area contributed by atoms with Crippen LogP contribution in [0.15, 0.2) is 66.7 Å². The number of carbonyl (C=O) groups is 2. The third-order valence-electron chi connectivity index (χ3n) is 4.83. The third-order valence-corrected chi connectivity index (χ3v) is 4.96. The SMILES string of the molecule is CC.O=C1c2ccc(-c3ccccc3COS)cc2C(=O)C1c1ccc(F)cc1. The van der Waals surface area contributed by atoms with Crippen molar-refractivity contribution in [2.24, 2.45) is 0 Å². The van der Waals surface area contributed by atoms with Crippen LogP contribution in [0, 0.1) is 5.82 Å². The molecule has 1 atom stereocenters. The lowest BCUT2D eigenvalue weighted by atomic mass is 9.94. The number of hydrogen-bond donors (Lipinski definition) is 1. The van der Waals surface area contributed by atoms with Crippen LogP contribution in [-0.2, 0) is 10.8 Å². The second-order valence-corrected chi connectivity index (χ2v) is 6.66. The summed E-state index contributed by atoms with van der Waals surface area (Å²) in [7, 11) is 0. The number of thiol groups is 1. The topological polar surface area (TPSA) is 43.4 Å². The zero-order chi connectivity index (χ0) is 21.0. The first kappa shape index (κ1) is 21.0. The van der Waals surface area contributed by atoms with Crippen LogP contribution in [0.5, 0.6) is 0 Å². The van der Waals surface area contributed by atoms with Crippen LogP contribution >= 0.6 is 12.9 Å². The fourth-order valence-corrected chi connectivity index (χ4v) is 3.65. The van der Waals surface area contributed by atoms with E-state index in [1.54, 1.807) is 12.1 Å². The lowest BCUT2D eigenvalue weighted by Gasteiger charge is -2.09. The van der Waals surface area contributed by atoms with Gasteiger partial charge in [-0.1, -0.05) is 62.4 Å². The number of rotatable bonds is 4. The summed E-state index contributed by atoms with van der Waals surface area (Å²) in [6, 6.07) is 18.4. The number of hydrogen-bond acceptors (Lipinski definition) is 4. The molecule has 5 heteroatoms. The van der Waals surface area contributed by atoms with Crippen molar-refractivity contribution in [3.05, 3.63) is 94.8 Å². The van der Waals surface area contributed by atoms with Gasteiger partial charge in [-0.2, -0.15) is 0 Å². The van der Waals surface area contributed by atoms with Gasteiger partial charge in [0.15, 0.2) is 11.6 Å². The molecule has 3 aromatic carbocycles. The molecular formula is C24H21FO3S. The van der Waals surface area contributed by atoms with E-state index in [9.17, 15) is 14.0 Å². The Kier molecular flexibility index (Phi) is 6.62. The molecule has 0 saturated heterocycles. The van der Waals surface area contributed by atoms with Crippen LogP contribution in [0.3, 0.4) is 0 Å². The quantitative estimate of drug-likeness (QED) is 0.325. The fraction of sp³-hybridized carbons (Fsp3) is 0.167. The van der Waals surface area contributed by atoms with Crippen molar-refractivity contribution in [2.45, 2.75) is 26.4 Å². The van der Waals surface area contributed by atoms with Crippen molar-refractivity contribution in [2.75, 3.05) is 0 Å². The van der Waals surface area contributed by atoms with E-state index in [2.05, 4.69) is 12.9 Å². The second-order valence-electron chi connectivity index (χ2n) is 6.40. The molecule has 0 saturated carbocycles. The monoisotopic (exact) mass is 408 g/mol. The summed E-state index contributed by atoms with van der Waals surface area (Å²) in [4.78, 5) is 25.7. The van der Waals surface area contributed by atoms with E-state index < -0.39 is 11.7 Å². The van der Waals surface area contributed by atoms with E-state index in [1.807, 2.05) is 44.2 Å². The van der Waals surface area contributed by atoms with E-state index in [1.165, 1.54) is 24.3 Å². The largest absolute Gasteiger partial charge is 0.314 e. The maximum atomic E-state index is 13.2. The maximum Gasteiger partial charge on any atom is 0.178 e. The highest BCUT2D eigenvalue weighted by atomic mass is 32.1. The minimum absolute atomic E-state index is 0.250. The molecule has 0 fully saturated rings. The average Bonchev–Trinajstić information content (AvgIpc) is 3.01. The Morgan fingerprint density at radius 1 is 0.862 bits per heavy atom. The van der Waals surface area contributed by atoms with E-state index in [0.29, 0.717) is 23.3 Å². The van der Waals surface area contributed by atoms with E-state index in [0.717, 1.165) is 16.7 Å². The first-order chi connectivity index (χ1) is 14.1. The van der Waals surface area contributed by atoms with Crippen LogP contribution in [0.2, 0.25) is 0 Å². The third kappa shape index (κ3) is 4.02. The normalized spacial score (nSPS) is 15.0. The lowest BCUT2D eigenvalue weighted by Crippen LogP contribution is -2.12. The number of fused-ring (bicyclic) bond motifs is 1. The molecule has 0 aliphatic heterocycles. The van der Waals surface area contributed by atoms with E-state index in [4.69, 9.17) is 4.18 Å². The summed E-state index contributed by atoms with van der Waals surface area (Å²) in [5, 5.41) is 0. The summed E-state index contributed by atoms with van der Waals surface area (Å²) in [6.07, 6.45) is 0. The second kappa shape index (κ2) is 9.16. The Morgan fingerprint density at radius 2 is 1.52 bits per heavy atom. The van der Waals surface area contributed by atoms with Gasteiger partial charge in [-0.05, 0) is 53.4 Å². The van der Waals surface area contributed by atoms with Gasteiger partial charge in [0.05, 0.1) is 6.61 Å². The summed E-state index contributed by atoms with van der Waals surface area (Å²) >= 11 is 3.82. The van der Waals surface area contributed by atoms with Gasteiger partial charge in [0.25, 0.3) is 0 Å². The molecule has 0 spiro atoms. The van der Waals surface area contributed by atoms with Crippen LogP contribution in [0.4, 0.5) is 4.39 Å². The van der Waals surface area contributed by atoms with Crippen molar-refractivity contribution >= 4 is 24.5 Å². The summed E-state index contributed by atoms with van der Waals surface area (Å²) in [5.41, 5.74) is 3.98. The van der Waals surface area contributed by atoms with Gasteiger partial charge in [-0.15, -0.1) is 0 Å². The van der Waals surface area contributed by atoms with Gasteiger partial charge < -0.3 is 4.18 Å². The molecule has 3 aromatic rings. The van der Waals surface area contributed by atoms with Crippen molar-refractivity contribution in [3.8, 4) is 11.1 Å². The first-order valence-corrected chi connectivity index (χ1v) is 9.79. The Bertz CT molecular complexity index is 1040. The molecular weight excluding hydrogens is 387 g/mol. The first-order valence-electron chi connectivity index (χ1n) is 9.42. The smallest absolute Gasteiger partial charge is 0.178 e. The number of carbonyl (C=O) groups excluding carboxylic acids is 2. The van der Waals surface area contributed by atoms with Gasteiger partial charge in [-0.25, -0.2) is 4.39 Å². The Labute approximate surface area is 175 Å². The van der Waals surface area contributed by atoms with Crippen LogP contribution < -0.4 is 0 Å². The zero-order valence-electron chi connectivity index (χ0n) is 16.2. The molecule has 1 unspecified atom stereocenters. The summed E-state index contributed by atoms with van der Waals surface area (Å²) in [6.45, 7) is 4.32. The highest BCUT2D eigenvalue weighted by Crippen LogP contribution is 2.37. The number of ketones is 2. The van der Waals surface area contributed by atoms with E-state index in [-0.39, 0.29) is 11.6 Å². The van der Waals surface area contributed by atoms with Gasteiger partial charge in [-0.3, -0.25) is 9.59 Å². The molecule has 148 valence electrons. The molecule has 1 aliphatic rings. The molecule has 0 bridgehead atoms. The van der Waals surface area contributed by atoms with Crippen molar-refractivity contribution < 1.29 is 18.2 Å². The molecule has 4 rings (SSSR count). The molecule has 3 nitrogen and oxygen atoms in total. The van der Waals surface area contributed by atoms with Gasteiger partial charge in [0, 0.05) is 11.1 Å². The molecule has 0 amide bonds. The fourth-order valence-electron chi connectivity index (χ4n) is 3.52. The zero-order valence-corrected chi connectivity index (χ0v) is 17.1. The number of Topliss-reactive ketones (excluding diaryl/α,β-unsaturated/α-hetero) is 2. The minimum atomic E-state index is -0.910. The molecule has 0 heterocycles. The van der Waals surface area contributed by atoms with Gasteiger partial charge in [0.2, 0.25) is 0 Å². The van der Waals surface area contributed by atoms with Crippen LogP contribution in [0.1, 0.15) is 51.6 Å². The summed E-state index contributed by atoms with van der Waals surface area (Å²) in [5.74, 6) is -1.82. The minimum Gasteiger partial charge on any atom is -0.314 e. The molecule has 0 N–H and O–H groups in total. The van der Waals surface area contributed by atoms with Crippen LogP contribution in [0.25, 0.3) is 11.1 Å². The molecule has 1 aliphatic carbocycles. The maximum absolute atomic E-state index is 13.2. The van der Waals surface area contributed by atoms with Crippen molar-refractivity contribution in [3.63, 3.8) is 0 Å². The average molecular weight is 408 g/mol. The standard InChI is InChI=1S/C22H15FO3S.C2H6/c23-16-8-5-13(6-9-16)20-21(24)18-10-7-14(11-19(18)22(20)25)17-4-2-1-3-15(17)12-26-27;1-2/h1-11,20,27H,12H2;1-2H3. The van der Waals surface area contributed by atoms with Crippen LogP contribution in [-0.4, -0.2) is 11.6 Å². The van der Waals surface area contributed by atoms with Crippen molar-refractivity contribution in [1.82, 2.24) is 0 Å². The molecule has 29 heavy (non-hydrogen) atoms. The number of halogens is 1. The molecule has 0 aromatic heterocycles. The highest BCUT2D eigenvalue weighted by Gasteiger charge is 2.39. The van der Waals surface area contributed by atoms with Crippen molar-refractivity contribution in [1.29, 1.82) is 0 Å². The molecule has 0 radical (unpaired) electrons.